The second-order valence-electron chi connectivity index (χ2n) is 7.95. The molecular weight excluding hydrogens is 322 g/mol. The van der Waals surface area contributed by atoms with Crippen LogP contribution < -0.4 is 5.32 Å². The van der Waals surface area contributed by atoms with Crippen molar-refractivity contribution in [3.05, 3.63) is 60.2 Å². The SMILES string of the molecule is c1ccc([C@@]2(CCNCc3cccnc3)CCOC3(CCCC3)C2)nc1. The third-order valence-electron chi connectivity index (χ3n) is 6.20. The quantitative estimate of drug-likeness (QED) is 0.799. The van der Waals surface area contributed by atoms with Crippen molar-refractivity contribution in [2.24, 2.45) is 0 Å². The van der Waals surface area contributed by atoms with E-state index < -0.39 is 0 Å². The molecule has 2 fully saturated rings. The summed E-state index contributed by atoms with van der Waals surface area (Å²) in [6, 6.07) is 10.5. The summed E-state index contributed by atoms with van der Waals surface area (Å²) >= 11 is 0. The molecule has 4 nitrogen and oxygen atoms in total. The topological polar surface area (TPSA) is 47.0 Å². The predicted molar refractivity (Wildman–Crippen MR) is 103 cm³/mol. The van der Waals surface area contributed by atoms with Gasteiger partial charge in [0, 0.05) is 42.9 Å². The zero-order valence-electron chi connectivity index (χ0n) is 15.5. The molecule has 1 aliphatic carbocycles. The fraction of sp³-hybridized carbons (Fsp3) is 0.545. The van der Waals surface area contributed by atoms with Gasteiger partial charge in [-0.3, -0.25) is 9.97 Å². The second kappa shape index (κ2) is 7.85. The minimum absolute atomic E-state index is 0.0964. The highest BCUT2D eigenvalue weighted by Crippen LogP contribution is 2.49. The Bertz CT molecular complexity index is 685. The molecule has 0 bridgehead atoms. The van der Waals surface area contributed by atoms with Crippen LogP contribution in [0.2, 0.25) is 0 Å². The van der Waals surface area contributed by atoms with Gasteiger partial charge in [-0.2, -0.15) is 0 Å². The zero-order chi connectivity index (χ0) is 17.7. The molecule has 1 spiro atoms. The van der Waals surface area contributed by atoms with Gasteiger partial charge in [-0.05, 0) is 62.4 Å². The normalized spacial score (nSPS) is 24.8. The molecule has 0 radical (unpaired) electrons. The molecule has 2 aliphatic rings. The highest BCUT2D eigenvalue weighted by molar-refractivity contribution is 5.20. The van der Waals surface area contributed by atoms with Crippen LogP contribution in [0.5, 0.6) is 0 Å². The molecule has 1 saturated heterocycles. The lowest BCUT2D eigenvalue weighted by molar-refractivity contribution is -0.104. The molecule has 138 valence electrons. The molecule has 4 heteroatoms. The lowest BCUT2D eigenvalue weighted by atomic mass is 9.68. The number of nitrogens with zero attached hydrogens (tertiary/aromatic N) is 2. The van der Waals surface area contributed by atoms with E-state index in [0.717, 1.165) is 39.0 Å². The van der Waals surface area contributed by atoms with Crippen molar-refractivity contribution in [1.29, 1.82) is 0 Å². The van der Waals surface area contributed by atoms with Crippen molar-refractivity contribution in [1.82, 2.24) is 15.3 Å². The number of hydrogen-bond donors (Lipinski definition) is 1. The van der Waals surface area contributed by atoms with Crippen molar-refractivity contribution in [2.75, 3.05) is 13.2 Å². The minimum atomic E-state index is 0.0964. The fourth-order valence-electron chi connectivity index (χ4n) is 4.86. The third kappa shape index (κ3) is 3.81. The standard InChI is InChI=1S/C22H29N3O/c1-4-13-25-20(7-1)21(10-14-24-17-19-6-5-12-23-16-19)11-15-26-22(18-21)8-2-3-9-22/h1,4-7,12-13,16,24H,2-3,8-11,14-15,17-18H2/t21-/m0/s1. The van der Waals surface area contributed by atoms with E-state index in [9.17, 15) is 0 Å². The van der Waals surface area contributed by atoms with Crippen LogP contribution in [0.1, 0.15) is 56.2 Å². The van der Waals surface area contributed by atoms with E-state index >= 15 is 0 Å². The van der Waals surface area contributed by atoms with Gasteiger partial charge in [0.1, 0.15) is 0 Å². The van der Waals surface area contributed by atoms with E-state index in [1.165, 1.54) is 36.9 Å². The predicted octanol–water partition coefficient (Wildman–Crippen LogP) is 4.02. The first-order valence-electron chi connectivity index (χ1n) is 9.96. The Hall–Kier alpha value is -1.78. The molecular formula is C22H29N3O. The molecule has 26 heavy (non-hydrogen) atoms. The van der Waals surface area contributed by atoms with E-state index in [-0.39, 0.29) is 11.0 Å². The van der Waals surface area contributed by atoms with Crippen molar-refractivity contribution in [2.45, 2.75) is 62.5 Å². The smallest absolute Gasteiger partial charge is 0.0691 e. The van der Waals surface area contributed by atoms with Crippen LogP contribution in [0.15, 0.2) is 48.9 Å². The third-order valence-corrected chi connectivity index (χ3v) is 6.20. The molecule has 3 heterocycles. The van der Waals surface area contributed by atoms with Gasteiger partial charge >= 0.3 is 0 Å². The molecule has 2 aromatic rings. The molecule has 1 aliphatic heterocycles. The molecule has 1 N–H and O–H groups in total. The maximum absolute atomic E-state index is 6.32. The molecule has 0 unspecified atom stereocenters. The van der Waals surface area contributed by atoms with Crippen LogP contribution in [0.4, 0.5) is 0 Å². The molecule has 2 aromatic heterocycles. The maximum atomic E-state index is 6.32. The van der Waals surface area contributed by atoms with Gasteiger partial charge in [-0.25, -0.2) is 0 Å². The summed E-state index contributed by atoms with van der Waals surface area (Å²) < 4.78 is 6.32. The van der Waals surface area contributed by atoms with Crippen molar-refractivity contribution in [3.63, 3.8) is 0 Å². The Morgan fingerprint density at radius 1 is 1.04 bits per heavy atom. The lowest BCUT2D eigenvalue weighted by Crippen LogP contribution is -2.47. The van der Waals surface area contributed by atoms with Crippen LogP contribution in [-0.4, -0.2) is 28.7 Å². The summed E-state index contributed by atoms with van der Waals surface area (Å²) in [4.78, 5) is 8.97. The summed E-state index contributed by atoms with van der Waals surface area (Å²) in [5.41, 5.74) is 2.71. The number of aromatic nitrogens is 2. The fourth-order valence-corrected chi connectivity index (χ4v) is 4.86. The van der Waals surface area contributed by atoms with Gasteiger partial charge in [0.2, 0.25) is 0 Å². The Morgan fingerprint density at radius 2 is 1.96 bits per heavy atom. The largest absolute Gasteiger partial charge is 0.375 e. The minimum Gasteiger partial charge on any atom is -0.375 e. The highest BCUT2D eigenvalue weighted by Gasteiger charge is 2.48. The molecule has 1 atom stereocenters. The lowest BCUT2D eigenvalue weighted by Gasteiger charge is -2.46. The summed E-state index contributed by atoms with van der Waals surface area (Å²) in [6.45, 7) is 2.72. The summed E-state index contributed by atoms with van der Waals surface area (Å²) in [6.07, 6.45) is 14.0. The van der Waals surface area contributed by atoms with Crippen LogP contribution in [-0.2, 0) is 16.7 Å². The number of rotatable bonds is 6. The highest BCUT2D eigenvalue weighted by atomic mass is 16.5. The van der Waals surface area contributed by atoms with Crippen LogP contribution in [0, 0.1) is 0 Å². The molecule has 4 rings (SSSR count). The summed E-state index contributed by atoms with van der Waals surface area (Å²) in [5, 5.41) is 3.61. The number of hydrogen-bond acceptors (Lipinski definition) is 4. The van der Waals surface area contributed by atoms with Gasteiger partial charge in [0.25, 0.3) is 0 Å². The zero-order valence-corrected chi connectivity index (χ0v) is 15.5. The van der Waals surface area contributed by atoms with Gasteiger partial charge < -0.3 is 10.1 Å². The first-order valence-corrected chi connectivity index (χ1v) is 9.96. The first-order chi connectivity index (χ1) is 12.8. The summed E-state index contributed by atoms with van der Waals surface area (Å²) in [5.74, 6) is 0. The number of nitrogens with one attached hydrogen (secondary N) is 1. The first kappa shape index (κ1) is 17.6. The van der Waals surface area contributed by atoms with E-state index in [4.69, 9.17) is 9.72 Å². The maximum Gasteiger partial charge on any atom is 0.0691 e. The van der Waals surface area contributed by atoms with E-state index in [1.54, 1.807) is 0 Å². The monoisotopic (exact) mass is 351 g/mol. The summed E-state index contributed by atoms with van der Waals surface area (Å²) in [7, 11) is 0. The van der Waals surface area contributed by atoms with E-state index in [1.807, 2.05) is 30.7 Å². The van der Waals surface area contributed by atoms with Gasteiger partial charge in [0.15, 0.2) is 0 Å². The van der Waals surface area contributed by atoms with E-state index in [2.05, 4.69) is 28.5 Å². The van der Waals surface area contributed by atoms with Crippen LogP contribution in [0.25, 0.3) is 0 Å². The Kier molecular flexibility index (Phi) is 5.32. The molecule has 0 amide bonds. The van der Waals surface area contributed by atoms with Crippen molar-refractivity contribution in [3.8, 4) is 0 Å². The Balaban J connectivity index is 1.46. The van der Waals surface area contributed by atoms with Gasteiger partial charge in [-0.15, -0.1) is 0 Å². The average Bonchev–Trinajstić information content (AvgIpc) is 3.14. The number of pyridine rings is 2. The number of ether oxygens (including phenoxy) is 1. The van der Waals surface area contributed by atoms with Crippen molar-refractivity contribution >= 4 is 0 Å². The van der Waals surface area contributed by atoms with E-state index in [0.29, 0.717) is 0 Å². The Labute approximate surface area is 156 Å². The van der Waals surface area contributed by atoms with Crippen LogP contribution in [0.3, 0.4) is 0 Å². The average molecular weight is 351 g/mol. The second-order valence-corrected chi connectivity index (χ2v) is 7.95. The molecule has 0 aromatic carbocycles. The van der Waals surface area contributed by atoms with Crippen LogP contribution >= 0.6 is 0 Å². The Morgan fingerprint density at radius 3 is 2.73 bits per heavy atom. The van der Waals surface area contributed by atoms with Gasteiger partial charge in [-0.1, -0.05) is 25.0 Å². The molecule has 1 saturated carbocycles. The van der Waals surface area contributed by atoms with Crippen molar-refractivity contribution < 1.29 is 4.74 Å². The van der Waals surface area contributed by atoms with Gasteiger partial charge in [0.05, 0.1) is 5.60 Å².